The van der Waals surface area contributed by atoms with Crippen molar-refractivity contribution in [2.75, 3.05) is 25.0 Å². The number of halogens is 1. The van der Waals surface area contributed by atoms with Gasteiger partial charge in [0.1, 0.15) is 11.9 Å². The highest BCUT2D eigenvalue weighted by atomic mass is 35.5. The van der Waals surface area contributed by atoms with Gasteiger partial charge in [-0.05, 0) is 0 Å². The van der Waals surface area contributed by atoms with E-state index in [1.54, 1.807) is 24.0 Å². The molecule has 0 radical (unpaired) electrons. The van der Waals surface area contributed by atoms with Crippen molar-refractivity contribution in [3.8, 4) is 0 Å². The number of anilines is 1. The number of morpholine rings is 1. The number of carbonyl (C=O) groups is 1. The largest absolute Gasteiger partial charge is 0.366 e. The zero-order valence-corrected chi connectivity index (χ0v) is 9.79. The topological polar surface area (TPSA) is 68.2 Å². The molecule has 2 heterocycles. The highest BCUT2D eigenvalue weighted by molar-refractivity contribution is 5.93. The Labute approximate surface area is 99.8 Å². The molecule has 0 aromatic carbocycles. The van der Waals surface area contributed by atoms with Crippen LogP contribution in [0.3, 0.4) is 0 Å². The average Bonchev–Trinajstić information content (AvgIpc) is 2.66. The number of nitrogens with one attached hydrogen (secondary N) is 2. The van der Waals surface area contributed by atoms with E-state index < -0.39 is 6.10 Å². The quantitative estimate of drug-likeness (QED) is 0.757. The summed E-state index contributed by atoms with van der Waals surface area (Å²) in [4.78, 5) is 11.7. The van der Waals surface area contributed by atoms with Gasteiger partial charge in [-0.15, -0.1) is 12.4 Å². The molecule has 2 N–H and O–H groups in total. The third-order valence-electron chi connectivity index (χ3n) is 2.29. The molecule has 0 spiro atoms. The van der Waals surface area contributed by atoms with Crippen molar-refractivity contribution in [3.63, 3.8) is 0 Å². The maximum atomic E-state index is 11.7. The Morgan fingerprint density at radius 1 is 1.75 bits per heavy atom. The molecule has 0 bridgehead atoms. The van der Waals surface area contributed by atoms with Crippen LogP contribution in [0, 0.1) is 0 Å². The van der Waals surface area contributed by atoms with E-state index in [2.05, 4.69) is 15.7 Å². The third kappa shape index (κ3) is 2.94. The van der Waals surface area contributed by atoms with Gasteiger partial charge in [0.25, 0.3) is 5.91 Å². The molecule has 0 unspecified atom stereocenters. The van der Waals surface area contributed by atoms with Crippen molar-refractivity contribution < 1.29 is 9.53 Å². The maximum Gasteiger partial charge on any atom is 0.255 e. The van der Waals surface area contributed by atoms with Crippen LogP contribution in [0.15, 0.2) is 12.3 Å². The van der Waals surface area contributed by atoms with Gasteiger partial charge in [-0.25, -0.2) is 0 Å². The lowest BCUT2D eigenvalue weighted by molar-refractivity contribution is -0.128. The molecule has 90 valence electrons. The Kier molecular flexibility index (Phi) is 4.72. The van der Waals surface area contributed by atoms with Crippen molar-refractivity contribution in [1.82, 2.24) is 15.1 Å². The summed E-state index contributed by atoms with van der Waals surface area (Å²) in [5.74, 6) is 0.542. The molecule has 0 aliphatic carbocycles. The molecular formula is C9H15ClN4O2. The van der Waals surface area contributed by atoms with Crippen molar-refractivity contribution in [1.29, 1.82) is 0 Å². The Morgan fingerprint density at radius 2 is 2.56 bits per heavy atom. The minimum atomic E-state index is -0.409. The fourth-order valence-electron chi connectivity index (χ4n) is 1.44. The van der Waals surface area contributed by atoms with Gasteiger partial charge in [0.2, 0.25) is 0 Å². The molecule has 1 aliphatic heterocycles. The normalized spacial score (nSPS) is 19.9. The van der Waals surface area contributed by atoms with E-state index in [-0.39, 0.29) is 18.3 Å². The van der Waals surface area contributed by atoms with E-state index in [0.717, 1.165) is 6.54 Å². The minimum absolute atomic E-state index is 0. The summed E-state index contributed by atoms with van der Waals surface area (Å²) in [7, 11) is 1.77. The van der Waals surface area contributed by atoms with Crippen LogP contribution in [0.4, 0.5) is 5.82 Å². The van der Waals surface area contributed by atoms with Crippen LogP contribution in [0.2, 0.25) is 0 Å². The lowest BCUT2D eigenvalue weighted by Gasteiger charge is -2.22. The molecule has 1 fully saturated rings. The lowest BCUT2D eigenvalue weighted by atomic mass is 10.3. The summed E-state index contributed by atoms with van der Waals surface area (Å²) < 4.78 is 6.93. The molecule has 16 heavy (non-hydrogen) atoms. The number of aromatic nitrogens is 2. The van der Waals surface area contributed by atoms with E-state index in [4.69, 9.17) is 4.74 Å². The Hall–Kier alpha value is -1.11. The molecule has 1 amide bonds. The van der Waals surface area contributed by atoms with Gasteiger partial charge in [-0.1, -0.05) is 0 Å². The number of hydrogen-bond donors (Lipinski definition) is 2. The summed E-state index contributed by atoms with van der Waals surface area (Å²) in [5.41, 5.74) is 0. The van der Waals surface area contributed by atoms with Crippen LogP contribution in [-0.4, -0.2) is 41.5 Å². The summed E-state index contributed by atoms with van der Waals surface area (Å²) in [6.07, 6.45) is 1.23. The molecule has 0 saturated carbocycles. The number of hydrogen-bond acceptors (Lipinski definition) is 4. The first-order chi connectivity index (χ1) is 7.27. The first kappa shape index (κ1) is 13.0. The summed E-state index contributed by atoms with van der Waals surface area (Å²) in [6.45, 7) is 1.93. The second-order valence-electron chi connectivity index (χ2n) is 3.39. The molecule has 1 saturated heterocycles. The maximum absolute atomic E-state index is 11.7. The zero-order chi connectivity index (χ0) is 10.7. The number of ether oxygens (including phenoxy) is 1. The van der Waals surface area contributed by atoms with Crippen LogP contribution in [-0.2, 0) is 16.6 Å². The van der Waals surface area contributed by atoms with Crippen LogP contribution in [0.5, 0.6) is 0 Å². The van der Waals surface area contributed by atoms with Gasteiger partial charge in [0.15, 0.2) is 0 Å². The predicted octanol–water partition coefficient (Wildman–Crippen LogP) is -0.231. The predicted molar refractivity (Wildman–Crippen MR) is 61.7 cm³/mol. The minimum Gasteiger partial charge on any atom is -0.366 e. The van der Waals surface area contributed by atoms with E-state index in [1.165, 1.54) is 0 Å². The summed E-state index contributed by atoms with van der Waals surface area (Å²) in [6, 6.07) is 1.74. The fraction of sp³-hybridized carbons (Fsp3) is 0.556. The van der Waals surface area contributed by atoms with E-state index in [9.17, 15) is 4.79 Å². The molecule has 1 aromatic rings. The molecule has 6 nitrogen and oxygen atoms in total. The van der Waals surface area contributed by atoms with Gasteiger partial charge >= 0.3 is 0 Å². The fourth-order valence-corrected chi connectivity index (χ4v) is 1.44. The molecule has 1 atom stereocenters. The second-order valence-corrected chi connectivity index (χ2v) is 3.39. The van der Waals surface area contributed by atoms with Crippen LogP contribution in [0.1, 0.15) is 0 Å². The summed E-state index contributed by atoms with van der Waals surface area (Å²) in [5, 5.41) is 9.82. The first-order valence-electron chi connectivity index (χ1n) is 4.88. The van der Waals surface area contributed by atoms with Gasteiger partial charge in [-0.3, -0.25) is 9.48 Å². The Bertz CT molecular complexity index is 349. The monoisotopic (exact) mass is 246 g/mol. The Morgan fingerprint density at radius 3 is 3.12 bits per heavy atom. The van der Waals surface area contributed by atoms with Crippen molar-refractivity contribution >= 4 is 24.1 Å². The standard InChI is InChI=1S/C9H14N4O2.ClH/c1-13-8(2-3-11-13)12-9(14)7-6-10-4-5-15-7;/h2-3,7,10H,4-6H2,1H3,(H,12,14);1H/t7-;/m0./s1. The van der Waals surface area contributed by atoms with E-state index in [1.807, 2.05) is 0 Å². The smallest absolute Gasteiger partial charge is 0.255 e. The van der Waals surface area contributed by atoms with Gasteiger partial charge < -0.3 is 15.4 Å². The number of carbonyl (C=O) groups excluding carboxylic acids is 1. The van der Waals surface area contributed by atoms with Gasteiger partial charge in [0.05, 0.1) is 12.8 Å². The number of aryl methyl sites for hydroxylation is 1. The van der Waals surface area contributed by atoms with E-state index in [0.29, 0.717) is 19.0 Å². The number of rotatable bonds is 2. The number of amides is 1. The van der Waals surface area contributed by atoms with Crippen molar-refractivity contribution in [3.05, 3.63) is 12.3 Å². The van der Waals surface area contributed by atoms with Gasteiger partial charge in [0, 0.05) is 26.2 Å². The summed E-state index contributed by atoms with van der Waals surface area (Å²) >= 11 is 0. The molecule has 2 rings (SSSR count). The SMILES string of the molecule is Cl.Cn1nccc1NC(=O)[C@@H]1CNCCO1. The van der Waals surface area contributed by atoms with Crippen LogP contribution < -0.4 is 10.6 Å². The average molecular weight is 247 g/mol. The molecule has 7 heteroatoms. The van der Waals surface area contributed by atoms with Crippen molar-refractivity contribution in [2.24, 2.45) is 7.05 Å². The second kappa shape index (κ2) is 5.83. The van der Waals surface area contributed by atoms with Crippen LogP contribution in [0.25, 0.3) is 0 Å². The van der Waals surface area contributed by atoms with Crippen molar-refractivity contribution in [2.45, 2.75) is 6.10 Å². The number of nitrogens with zero attached hydrogens (tertiary/aromatic N) is 2. The molecule has 1 aliphatic rings. The van der Waals surface area contributed by atoms with Gasteiger partial charge in [-0.2, -0.15) is 5.10 Å². The highest BCUT2D eigenvalue weighted by Crippen LogP contribution is 2.06. The van der Waals surface area contributed by atoms with E-state index >= 15 is 0 Å². The molecular weight excluding hydrogens is 232 g/mol. The highest BCUT2D eigenvalue weighted by Gasteiger charge is 2.22. The third-order valence-corrected chi connectivity index (χ3v) is 2.29. The van der Waals surface area contributed by atoms with Crippen LogP contribution >= 0.6 is 12.4 Å². The lowest BCUT2D eigenvalue weighted by Crippen LogP contribution is -2.45. The Balaban J connectivity index is 0.00000128. The molecule has 1 aromatic heterocycles. The zero-order valence-electron chi connectivity index (χ0n) is 8.97. The first-order valence-corrected chi connectivity index (χ1v) is 4.88.